The summed E-state index contributed by atoms with van der Waals surface area (Å²) in [6, 6.07) is 0. The number of nitrogens with zero attached hydrogens (tertiary/aromatic N) is 1. The van der Waals surface area contributed by atoms with Gasteiger partial charge in [0.25, 0.3) is 6.43 Å². The van der Waals surface area contributed by atoms with Crippen molar-refractivity contribution in [2.45, 2.75) is 19.9 Å². The fraction of sp³-hybridized carbons (Fsp3) is 0.400. The lowest BCUT2D eigenvalue weighted by Crippen LogP contribution is -2.14. The zero-order valence-electron chi connectivity index (χ0n) is 9.04. The van der Waals surface area contributed by atoms with Gasteiger partial charge in [0.2, 0.25) is 0 Å². The molecular weight excluding hydrogens is 237 g/mol. The molecule has 0 fully saturated rings. The first-order valence-electron chi connectivity index (χ1n) is 4.85. The average Bonchev–Trinajstić information content (AvgIpc) is 2.27. The molecule has 0 radical (unpaired) electrons. The molecule has 1 rings (SSSR count). The van der Waals surface area contributed by atoms with Crippen molar-refractivity contribution in [3.05, 3.63) is 28.8 Å². The molecule has 1 aromatic heterocycles. The van der Waals surface area contributed by atoms with Crippen molar-refractivity contribution in [3.8, 4) is 0 Å². The van der Waals surface area contributed by atoms with Crippen LogP contribution < -0.4 is 5.73 Å². The van der Waals surface area contributed by atoms with Gasteiger partial charge in [-0.15, -0.1) is 0 Å². The first kappa shape index (κ1) is 13.4. The average molecular weight is 248 g/mol. The van der Waals surface area contributed by atoms with Crippen LogP contribution in [0.1, 0.15) is 35.0 Å². The number of aromatic nitrogens is 1. The normalized spacial score (nSPS) is 10.7. The Labute approximate surface area is 95.6 Å². The van der Waals surface area contributed by atoms with Crippen molar-refractivity contribution in [3.63, 3.8) is 0 Å². The summed E-state index contributed by atoms with van der Waals surface area (Å²) in [5, 5.41) is 0. The lowest BCUT2D eigenvalue weighted by molar-refractivity contribution is 0.0519. The number of alkyl halides is 2. The number of carbonyl (C=O) groups is 1. The van der Waals surface area contributed by atoms with E-state index >= 15 is 0 Å². The number of hydrogen-bond acceptors (Lipinski definition) is 4. The van der Waals surface area contributed by atoms with Gasteiger partial charge >= 0.3 is 5.97 Å². The third kappa shape index (κ3) is 2.73. The molecule has 0 spiro atoms. The Bertz CT molecular complexity index is 424. The minimum absolute atomic E-state index is 0.0148. The van der Waals surface area contributed by atoms with Crippen LogP contribution in [0.2, 0.25) is 0 Å². The van der Waals surface area contributed by atoms with E-state index in [0.717, 1.165) is 6.20 Å². The molecule has 0 bridgehead atoms. The summed E-state index contributed by atoms with van der Waals surface area (Å²) in [6.07, 6.45) is -2.24. The molecule has 7 heteroatoms. The number of ether oxygens (including phenoxy) is 1. The molecule has 0 saturated heterocycles. The standard InChI is InChI=1S/C10H11F3N2O2/c1-2-17-10(16)5-4-15-6(3-14)7(8(5)11)9(12)13/h4,9H,2-3,14H2,1H3. The monoisotopic (exact) mass is 248 g/mol. The van der Waals surface area contributed by atoms with Crippen LogP contribution in [0.3, 0.4) is 0 Å². The van der Waals surface area contributed by atoms with Gasteiger partial charge in [-0.05, 0) is 6.92 Å². The van der Waals surface area contributed by atoms with Gasteiger partial charge in [0, 0.05) is 12.7 Å². The molecule has 1 aromatic rings. The van der Waals surface area contributed by atoms with Gasteiger partial charge in [-0.2, -0.15) is 0 Å². The van der Waals surface area contributed by atoms with Crippen molar-refractivity contribution < 1.29 is 22.7 Å². The van der Waals surface area contributed by atoms with Crippen molar-refractivity contribution in [2.24, 2.45) is 5.73 Å². The number of nitrogens with two attached hydrogens (primary N) is 1. The molecule has 0 aliphatic rings. The van der Waals surface area contributed by atoms with Crippen LogP contribution in [0.4, 0.5) is 13.2 Å². The van der Waals surface area contributed by atoms with Gasteiger partial charge in [-0.25, -0.2) is 18.0 Å². The van der Waals surface area contributed by atoms with Gasteiger partial charge in [-0.1, -0.05) is 0 Å². The van der Waals surface area contributed by atoms with Gasteiger partial charge in [0.15, 0.2) is 0 Å². The number of rotatable bonds is 4. The second-order valence-electron chi connectivity index (χ2n) is 3.07. The van der Waals surface area contributed by atoms with Crippen molar-refractivity contribution >= 4 is 5.97 Å². The molecule has 2 N–H and O–H groups in total. The maximum atomic E-state index is 13.7. The third-order valence-electron chi connectivity index (χ3n) is 2.04. The molecular formula is C10H11F3N2O2. The second kappa shape index (κ2) is 5.62. The summed E-state index contributed by atoms with van der Waals surface area (Å²) in [6.45, 7) is 1.20. The van der Waals surface area contributed by atoms with E-state index < -0.39 is 29.3 Å². The summed E-state index contributed by atoms with van der Waals surface area (Å²) >= 11 is 0. The first-order valence-corrected chi connectivity index (χ1v) is 4.85. The maximum Gasteiger partial charge on any atom is 0.342 e. The van der Waals surface area contributed by atoms with E-state index in [2.05, 4.69) is 9.72 Å². The van der Waals surface area contributed by atoms with Gasteiger partial charge in [-0.3, -0.25) is 4.98 Å². The Kier molecular flexibility index (Phi) is 4.45. The predicted molar refractivity (Wildman–Crippen MR) is 53.0 cm³/mol. The summed E-state index contributed by atoms with van der Waals surface area (Å²) in [4.78, 5) is 14.8. The number of esters is 1. The molecule has 1 heterocycles. The van der Waals surface area contributed by atoms with Crippen LogP contribution in [0.5, 0.6) is 0 Å². The Morgan fingerprint density at radius 3 is 2.71 bits per heavy atom. The van der Waals surface area contributed by atoms with Crippen molar-refractivity contribution in [1.82, 2.24) is 4.98 Å². The van der Waals surface area contributed by atoms with Crippen LogP contribution >= 0.6 is 0 Å². The van der Waals surface area contributed by atoms with Crippen LogP contribution in [0, 0.1) is 5.82 Å². The zero-order valence-corrected chi connectivity index (χ0v) is 9.04. The van der Waals surface area contributed by atoms with Crippen molar-refractivity contribution in [2.75, 3.05) is 6.61 Å². The van der Waals surface area contributed by atoms with Crippen LogP contribution in [0.25, 0.3) is 0 Å². The van der Waals surface area contributed by atoms with Gasteiger partial charge in [0.05, 0.1) is 17.9 Å². The first-order chi connectivity index (χ1) is 8.02. The molecule has 0 aliphatic heterocycles. The minimum atomic E-state index is -3.09. The lowest BCUT2D eigenvalue weighted by atomic mass is 10.1. The van der Waals surface area contributed by atoms with E-state index in [1.807, 2.05) is 0 Å². The quantitative estimate of drug-likeness (QED) is 0.825. The SMILES string of the molecule is CCOC(=O)c1cnc(CN)c(C(F)F)c1F. The fourth-order valence-electron chi connectivity index (χ4n) is 1.28. The van der Waals surface area contributed by atoms with Gasteiger partial charge in [0.1, 0.15) is 11.4 Å². The summed E-state index contributed by atoms with van der Waals surface area (Å²) in [5.74, 6) is -2.35. The van der Waals surface area contributed by atoms with Crippen molar-refractivity contribution in [1.29, 1.82) is 0 Å². The van der Waals surface area contributed by atoms with Crippen LogP contribution in [-0.4, -0.2) is 17.6 Å². The third-order valence-corrected chi connectivity index (χ3v) is 2.04. The number of halogens is 3. The Morgan fingerprint density at radius 1 is 1.59 bits per heavy atom. The van der Waals surface area contributed by atoms with E-state index in [-0.39, 0.29) is 18.8 Å². The highest BCUT2D eigenvalue weighted by Crippen LogP contribution is 2.26. The van der Waals surface area contributed by atoms with E-state index in [9.17, 15) is 18.0 Å². The highest BCUT2D eigenvalue weighted by molar-refractivity contribution is 5.89. The molecule has 4 nitrogen and oxygen atoms in total. The smallest absolute Gasteiger partial charge is 0.342 e. The summed E-state index contributed by atoms with van der Waals surface area (Å²) in [7, 11) is 0. The highest BCUT2D eigenvalue weighted by Gasteiger charge is 2.25. The number of carbonyl (C=O) groups excluding carboxylic acids is 1. The molecule has 0 saturated carbocycles. The second-order valence-corrected chi connectivity index (χ2v) is 3.07. The maximum absolute atomic E-state index is 13.7. The largest absolute Gasteiger partial charge is 0.462 e. The van der Waals surface area contributed by atoms with E-state index in [1.165, 1.54) is 6.92 Å². The molecule has 0 amide bonds. The highest BCUT2D eigenvalue weighted by atomic mass is 19.3. The van der Waals surface area contributed by atoms with Crippen LogP contribution in [0.15, 0.2) is 6.20 Å². The fourth-order valence-corrected chi connectivity index (χ4v) is 1.28. The predicted octanol–water partition coefficient (Wildman–Crippen LogP) is 1.79. The lowest BCUT2D eigenvalue weighted by Gasteiger charge is -2.10. The number of pyridine rings is 1. The Balaban J connectivity index is 3.27. The van der Waals surface area contributed by atoms with Crippen LogP contribution in [-0.2, 0) is 11.3 Å². The topological polar surface area (TPSA) is 65.2 Å². The minimum Gasteiger partial charge on any atom is -0.462 e. The molecule has 0 aromatic carbocycles. The summed E-state index contributed by atoms with van der Waals surface area (Å²) < 4.78 is 43.4. The Morgan fingerprint density at radius 2 is 2.24 bits per heavy atom. The van der Waals surface area contributed by atoms with Gasteiger partial charge < -0.3 is 10.5 Å². The van der Waals surface area contributed by atoms with E-state index in [0.29, 0.717) is 0 Å². The van der Waals surface area contributed by atoms with E-state index in [4.69, 9.17) is 5.73 Å². The summed E-state index contributed by atoms with van der Waals surface area (Å²) in [5.41, 5.74) is 3.33. The molecule has 0 unspecified atom stereocenters. The molecule has 0 aliphatic carbocycles. The molecule has 17 heavy (non-hydrogen) atoms. The number of hydrogen-bond donors (Lipinski definition) is 1. The van der Waals surface area contributed by atoms with E-state index in [1.54, 1.807) is 0 Å². The molecule has 0 atom stereocenters. The Hall–Kier alpha value is -1.63. The molecule has 94 valence electrons. The zero-order chi connectivity index (χ0) is 13.0.